The SMILES string of the molecule is COCCNC(=O)C1(C)CC(c2ccccc2)=NO1. The molecule has 1 heterocycles. The second-order valence-corrected chi connectivity index (χ2v) is 4.65. The lowest BCUT2D eigenvalue weighted by Crippen LogP contribution is -2.45. The van der Waals surface area contributed by atoms with Gasteiger partial charge in [0.25, 0.3) is 5.91 Å². The molecule has 0 fully saturated rings. The number of carbonyl (C=O) groups excluding carboxylic acids is 1. The van der Waals surface area contributed by atoms with Crippen molar-refractivity contribution in [3.8, 4) is 0 Å². The summed E-state index contributed by atoms with van der Waals surface area (Å²) in [5.41, 5.74) is 0.847. The number of benzene rings is 1. The molecule has 1 unspecified atom stereocenters. The van der Waals surface area contributed by atoms with E-state index in [9.17, 15) is 4.79 Å². The molecule has 0 radical (unpaired) electrons. The Morgan fingerprint density at radius 3 is 2.89 bits per heavy atom. The van der Waals surface area contributed by atoms with Gasteiger partial charge in [-0.15, -0.1) is 0 Å². The van der Waals surface area contributed by atoms with Crippen LogP contribution >= 0.6 is 0 Å². The highest BCUT2D eigenvalue weighted by molar-refractivity contribution is 6.05. The predicted octanol–water partition coefficient (Wildman–Crippen LogP) is 1.33. The van der Waals surface area contributed by atoms with E-state index in [0.717, 1.165) is 11.3 Å². The zero-order chi connectivity index (χ0) is 13.7. The van der Waals surface area contributed by atoms with Crippen molar-refractivity contribution in [2.24, 2.45) is 5.16 Å². The van der Waals surface area contributed by atoms with Gasteiger partial charge in [0.1, 0.15) is 0 Å². The van der Waals surface area contributed by atoms with Crippen molar-refractivity contribution >= 4 is 11.6 Å². The first-order valence-electron chi connectivity index (χ1n) is 6.23. The van der Waals surface area contributed by atoms with Gasteiger partial charge in [0, 0.05) is 20.1 Å². The summed E-state index contributed by atoms with van der Waals surface area (Å²) in [4.78, 5) is 17.4. The van der Waals surface area contributed by atoms with Gasteiger partial charge in [0.05, 0.1) is 12.3 Å². The van der Waals surface area contributed by atoms with Crippen molar-refractivity contribution in [3.05, 3.63) is 35.9 Å². The number of carbonyl (C=O) groups is 1. The average molecular weight is 262 g/mol. The highest BCUT2D eigenvalue weighted by Gasteiger charge is 2.41. The topological polar surface area (TPSA) is 59.9 Å². The molecular weight excluding hydrogens is 244 g/mol. The monoisotopic (exact) mass is 262 g/mol. The van der Waals surface area contributed by atoms with Gasteiger partial charge < -0.3 is 14.9 Å². The van der Waals surface area contributed by atoms with Crippen molar-refractivity contribution in [1.29, 1.82) is 0 Å². The molecule has 0 aliphatic carbocycles. The zero-order valence-electron chi connectivity index (χ0n) is 11.2. The van der Waals surface area contributed by atoms with E-state index in [0.29, 0.717) is 19.6 Å². The van der Waals surface area contributed by atoms with Crippen LogP contribution in [0.2, 0.25) is 0 Å². The maximum atomic E-state index is 12.1. The van der Waals surface area contributed by atoms with Gasteiger partial charge in [-0.05, 0) is 12.5 Å². The largest absolute Gasteiger partial charge is 0.383 e. The van der Waals surface area contributed by atoms with E-state index in [4.69, 9.17) is 9.57 Å². The maximum Gasteiger partial charge on any atom is 0.267 e. The van der Waals surface area contributed by atoms with Crippen LogP contribution in [-0.4, -0.2) is 37.5 Å². The third kappa shape index (κ3) is 3.12. The Kier molecular flexibility index (Phi) is 4.16. The van der Waals surface area contributed by atoms with Crippen molar-refractivity contribution in [1.82, 2.24) is 5.32 Å². The van der Waals surface area contributed by atoms with Gasteiger partial charge in [0.2, 0.25) is 5.60 Å². The molecule has 102 valence electrons. The molecular formula is C14H18N2O3. The number of hydrogen-bond donors (Lipinski definition) is 1. The molecule has 1 aliphatic heterocycles. The molecule has 0 saturated heterocycles. The number of ether oxygens (including phenoxy) is 1. The fourth-order valence-corrected chi connectivity index (χ4v) is 1.90. The highest BCUT2D eigenvalue weighted by atomic mass is 16.7. The second kappa shape index (κ2) is 5.84. The van der Waals surface area contributed by atoms with E-state index >= 15 is 0 Å². The van der Waals surface area contributed by atoms with Crippen molar-refractivity contribution in [2.45, 2.75) is 18.9 Å². The number of methoxy groups -OCH3 is 1. The molecule has 2 rings (SSSR count). The van der Waals surface area contributed by atoms with Crippen LogP contribution in [0.3, 0.4) is 0 Å². The normalized spacial score (nSPS) is 21.7. The average Bonchev–Trinajstić information content (AvgIpc) is 2.84. The first-order valence-corrected chi connectivity index (χ1v) is 6.23. The van der Waals surface area contributed by atoms with E-state index in [1.165, 1.54) is 0 Å². The number of nitrogens with zero attached hydrogens (tertiary/aromatic N) is 1. The van der Waals surface area contributed by atoms with Crippen LogP contribution in [-0.2, 0) is 14.4 Å². The van der Waals surface area contributed by atoms with E-state index in [2.05, 4.69) is 10.5 Å². The molecule has 1 amide bonds. The van der Waals surface area contributed by atoms with Crippen molar-refractivity contribution < 1.29 is 14.4 Å². The highest BCUT2D eigenvalue weighted by Crippen LogP contribution is 2.26. The first-order chi connectivity index (χ1) is 9.15. The van der Waals surface area contributed by atoms with Gasteiger partial charge in [-0.2, -0.15) is 0 Å². The third-order valence-corrected chi connectivity index (χ3v) is 3.04. The molecule has 1 N–H and O–H groups in total. The summed E-state index contributed by atoms with van der Waals surface area (Å²) in [5, 5.41) is 6.81. The van der Waals surface area contributed by atoms with Gasteiger partial charge in [-0.1, -0.05) is 35.5 Å². The number of amides is 1. The Hall–Kier alpha value is -1.88. The summed E-state index contributed by atoms with van der Waals surface area (Å²) in [7, 11) is 1.59. The number of nitrogens with one attached hydrogen (secondary N) is 1. The molecule has 5 heteroatoms. The Bertz CT molecular complexity index is 473. The molecule has 19 heavy (non-hydrogen) atoms. The van der Waals surface area contributed by atoms with Crippen LogP contribution in [0.25, 0.3) is 0 Å². The van der Waals surface area contributed by atoms with Gasteiger partial charge >= 0.3 is 0 Å². The summed E-state index contributed by atoms with van der Waals surface area (Å²) >= 11 is 0. The van der Waals surface area contributed by atoms with Gasteiger partial charge in [0.15, 0.2) is 0 Å². The molecule has 1 aromatic rings. The van der Waals surface area contributed by atoms with Crippen molar-refractivity contribution in [2.75, 3.05) is 20.3 Å². The molecule has 0 bridgehead atoms. The van der Waals surface area contributed by atoms with Crippen molar-refractivity contribution in [3.63, 3.8) is 0 Å². The minimum absolute atomic E-state index is 0.167. The van der Waals surface area contributed by atoms with Gasteiger partial charge in [-0.3, -0.25) is 4.79 Å². The smallest absolute Gasteiger partial charge is 0.267 e. The van der Waals surface area contributed by atoms with E-state index in [-0.39, 0.29) is 5.91 Å². The molecule has 1 aromatic carbocycles. The van der Waals surface area contributed by atoms with E-state index in [1.54, 1.807) is 14.0 Å². The summed E-state index contributed by atoms with van der Waals surface area (Å²) in [6, 6.07) is 9.72. The standard InChI is InChI=1S/C14H18N2O3/c1-14(13(17)15-8-9-18-2)10-12(16-19-14)11-6-4-3-5-7-11/h3-7H,8-10H2,1-2H3,(H,15,17). The quantitative estimate of drug-likeness (QED) is 0.814. The Labute approximate surface area is 112 Å². The Balaban J connectivity index is 1.97. The number of oxime groups is 1. The second-order valence-electron chi connectivity index (χ2n) is 4.65. The number of hydrogen-bond acceptors (Lipinski definition) is 4. The first kappa shape index (κ1) is 13.5. The minimum atomic E-state index is -0.932. The van der Waals surface area contributed by atoms with Crippen LogP contribution in [0.5, 0.6) is 0 Å². The minimum Gasteiger partial charge on any atom is -0.383 e. The molecule has 1 aliphatic rings. The van der Waals surface area contributed by atoms with Crippen LogP contribution in [0.4, 0.5) is 0 Å². The van der Waals surface area contributed by atoms with Crippen LogP contribution in [0.15, 0.2) is 35.5 Å². The lowest BCUT2D eigenvalue weighted by atomic mass is 9.95. The van der Waals surface area contributed by atoms with Crippen LogP contribution in [0, 0.1) is 0 Å². The number of rotatable bonds is 5. The lowest BCUT2D eigenvalue weighted by Gasteiger charge is -2.20. The van der Waals surface area contributed by atoms with Gasteiger partial charge in [-0.25, -0.2) is 0 Å². The third-order valence-electron chi connectivity index (χ3n) is 3.04. The lowest BCUT2D eigenvalue weighted by molar-refractivity contribution is -0.141. The zero-order valence-corrected chi connectivity index (χ0v) is 11.2. The predicted molar refractivity (Wildman–Crippen MR) is 72.0 cm³/mol. The summed E-state index contributed by atoms with van der Waals surface area (Å²) in [5.74, 6) is -0.167. The summed E-state index contributed by atoms with van der Waals surface area (Å²) in [6.45, 7) is 2.69. The maximum absolute atomic E-state index is 12.1. The molecule has 0 spiro atoms. The summed E-state index contributed by atoms with van der Waals surface area (Å²) < 4.78 is 4.89. The summed E-state index contributed by atoms with van der Waals surface area (Å²) in [6.07, 6.45) is 0.468. The molecule has 5 nitrogen and oxygen atoms in total. The van der Waals surface area contributed by atoms with E-state index < -0.39 is 5.60 Å². The van der Waals surface area contributed by atoms with Crippen LogP contribution < -0.4 is 5.32 Å². The molecule has 1 atom stereocenters. The van der Waals surface area contributed by atoms with Crippen LogP contribution in [0.1, 0.15) is 18.9 Å². The molecule has 0 saturated carbocycles. The van der Waals surface area contributed by atoms with E-state index in [1.807, 2.05) is 30.3 Å². The fraction of sp³-hybridized carbons (Fsp3) is 0.429. The Morgan fingerprint density at radius 2 is 2.21 bits per heavy atom. The fourth-order valence-electron chi connectivity index (χ4n) is 1.90. The molecule has 0 aromatic heterocycles. The Morgan fingerprint density at radius 1 is 1.47 bits per heavy atom.